The van der Waals surface area contributed by atoms with Crippen LogP contribution in [0.5, 0.6) is 0 Å². The van der Waals surface area contributed by atoms with Gasteiger partial charge >= 0.3 is 0 Å². The van der Waals surface area contributed by atoms with Gasteiger partial charge < -0.3 is 4.90 Å². The second-order valence-electron chi connectivity index (χ2n) is 8.17. The second kappa shape index (κ2) is 7.41. The van der Waals surface area contributed by atoms with Gasteiger partial charge in [0.05, 0.1) is 17.4 Å². The summed E-state index contributed by atoms with van der Waals surface area (Å²) in [5, 5.41) is 0.664. The molecule has 5 heteroatoms. The molecule has 5 rings (SSSR count). The summed E-state index contributed by atoms with van der Waals surface area (Å²) < 4.78 is 1.84. The lowest BCUT2D eigenvalue weighted by Gasteiger charge is -2.14. The highest BCUT2D eigenvalue weighted by molar-refractivity contribution is 5.84. The predicted molar refractivity (Wildman–Crippen MR) is 121 cm³/mol. The molecule has 1 aliphatic carbocycles. The Morgan fingerprint density at radius 2 is 1.80 bits per heavy atom. The molecule has 0 N–H and O–H groups in total. The van der Waals surface area contributed by atoms with Crippen molar-refractivity contribution >= 4 is 16.6 Å². The number of hydrogen-bond donors (Lipinski definition) is 0. The van der Waals surface area contributed by atoms with Crippen molar-refractivity contribution < 1.29 is 0 Å². The number of benzene rings is 2. The summed E-state index contributed by atoms with van der Waals surface area (Å²) in [7, 11) is 4.05. The van der Waals surface area contributed by atoms with Gasteiger partial charge in [0.1, 0.15) is 5.82 Å². The van der Waals surface area contributed by atoms with E-state index in [4.69, 9.17) is 4.98 Å². The lowest BCUT2D eigenvalue weighted by molar-refractivity contribution is 0.679. The quantitative estimate of drug-likeness (QED) is 0.500. The molecular formula is C25H24N4O. The fourth-order valence-corrected chi connectivity index (χ4v) is 3.85. The summed E-state index contributed by atoms with van der Waals surface area (Å²) in [6.07, 6.45) is 5.76. The monoisotopic (exact) mass is 396 g/mol. The van der Waals surface area contributed by atoms with E-state index in [0.717, 1.165) is 46.6 Å². The Kier molecular flexibility index (Phi) is 4.58. The van der Waals surface area contributed by atoms with Crippen molar-refractivity contribution in [3.63, 3.8) is 0 Å². The number of rotatable bonds is 5. The van der Waals surface area contributed by atoms with Gasteiger partial charge in [0.2, 0.25) is 0 Å². The van der Waals surface area contributed by atoms with E-state index < -0.39 is 0 Å². The van der Waals surface area contributed by atoms with Gasteiger partial charge in [-0.2, -0.15) is 0 Å². The van der Waals surface area contributed by atoms with E-state index in [1.807, 2.05) is 49.1 Å². The lowest BCUT2D eigenvalue weighted by atomic mass is 10.0. The molecule has 2 aromatic heterocycles. The smallest absolute Gasteiger partial charge is 0.261 e. The third kappa shape index (κ3) is 3.47. The zero-order chi connectivity index (χ0) is 20.7. The Hall–Kier alpha value is -3.47. The summed E-state index contributed by atoms with van der Waals surface area (Å²) in [5.74, 6) is 1.29. The highest BCUT2D eigenvalue weighted by Crippen LogP contribution is 2.39. The molecule has 0 spiro atoms. The number of nitrogens with zero attached hydrogens (tertiary/aromatic N) is 4. The summed E-state index contributed by atoms with van der Waals surface area (Å²) >= 11 is 0. The number of aromatic nitrogens is 3. The highest BCUT2D eigenvalue weighted by atomic mass is 16.1. The molecule has 0 amide bonds. The van der Waals surface area contributed by atoms with Crippen molar-refractivity contribution in [2.75, 3.05) is 19.0 Å². The standard InChI is InChI=1S/C25H24N4O/c1-28(2)21-10-7-18(8-11-21)20-9-12-23-22(14-20)25(30)29(24(27-23)19-5-6-19)16-17-4-3-13-26-15-17/h3-4,7-15,19H,5-6,16H2,1-2H3. The third-order valence-electron chi connectivity index (χ3n) is 5.71. The van der Waals surface area contributed by atoms with Crippen molar-refractivity contribution in [3.8, 4) is 11.1 Å². The first-order valence-corrected chi connectivity index (χ1v) is 10.3. The second-order valence-corrected chi connectivity index (χ2v) is 8.17. The predicted octanol–water partition coefficient (Wildman–Crippen LogP) is 4.45. The Morgan fingerprint density at radius 1 is 1.03 bits per heavy atom. The molecule has 1 aliphatic rings. The van der Waals surface area contributed by atoms with Gasteiger partial charge in [-0.15, -0.1) is 0 Å². The van der Waals surface area contributed by atoms with Crippen LogP contribution < -0.4 is 10.5 Å². The molecule has 5 nitrogen and oxygen atoms in total. The van der Waals surface area contributed by atoms with Crippen LogP contribution in [0.25, 0.3) is 22.0 Å². The molecule has 0 radical (unpaired) electrons. The number of hydrogen-bond acceptors (Lipinski definition) is 4. The number of anilines is 1. The maximum atomic E-state index is 13.5. The summed E-state index contributed by atoms with van der Waals surface area (Å²) in [5.41, 5.74) is 5.08. The van der Waals surface area contributed by atoms with Crippen LogP contribution in [0.3, 0.4) is 0 Å². The van der Waals surface area contributed by atoms with Gasteiger partial charge in [0.15, 0.2) is 0 Å². The van der Waals surface area contributed by atoms with Gasteiger partial charge in [0.25, 0.3) is 5.56 Å². The van der Waals surface area contributed by atoms with Gasteiger partial charge in [0, 0.05) is 38.1 Å². The van der Waals surface area contributed by atoms with Gasteiger partial charge in [-0.25, -0.2) is 4.98 Å². The first kappa shape index (κ1) is 18.6. The summed E-state index contributed by atoms with van der Waals surface area (Å²) in [6.45, 7) is 0.503. The molecule has 4 aromatic rings. The minimum Gasteiger partial charge on any atom is -0.378 e. The molecule has 1 saturated carbocycles. The van der Waals surface area contributed by atoms with Crippen LogP contribution in [0.4, 0.5) is 5.69 Å². The van der Waals surface area contributed by atoms with Crippen molar-refractivity contribution in [2.45, 2.75) is 25.3 Å². The van der Waals surface area contributed by atoms with Crippen molar-refractivity contribution in [1.29, 1.82) is 0 Å². The van der Waals surface area contributed by atoms with E-state index in [1.165, 1.54) is 0 Å². The summed E-state index contributed by atoms with van der Waals surface area (Å²) in [4.78, 5) is 24.7. The average molecular weight is 396 g/mol. The third-order valence-corrected chi connectivity index (χ3v) is 5.71. The lowest BCUT2D eigenvalue weighted by Crippen LogP contribution is -2.25. The maximum absolute atomic E-state index is 13.5. The van der Waals surface area contributed by atoms with Crippen LogP contribution in [0.2, 0.25) is 0 Å². The Labute approximate surface area is 175 Å². The van der Waals surface area contributed by atoms with Crippen LogP contribution in [0.15, 0.2) is 71.8 Å². The largest absolute Gasteiger partial charge is 0.378 e. The van der Waals surface area contributed by atoms with Crippen LogP contribution in [0.1, 0.15) is 30.1 Å². The van der Waals surface area contributed by atoms with E-state index >= 15 is 0 Å². The van der Waals surface area contributed by atoms with E-state index in [0.29, 0.717) is 17.8 Å². The minimum absolute atomic E-state index is 0.0255. The molecule has 0 bridgehead atoms. The van der Waals surface area contributed by atoms with Crippen LogP contribution >= 0.6 is 0 Å². The molecule has 0 atom stereocenters. The van der Waals surface area contributed by atoms with E-state index in [-0.39, 0.29) is 5.56 Å². The van der Waals surface area contributed by atoms with Crippen molar-refractivity contribution in [3.05, 3.63) is 88.7 Å². The highest BCUT2D eigenvalue weighted by Gasteiger charge is 2.29. The molecular weight excluding hydrogens is 372 g/mol. The molecule has 0 aliphatic heterocycles. The van der Waals surface area contributed by atoms with Crippen LogP contribution in [-0.2, 0) is 6.54 Å². The minimum atomic E-state index is 0.0255. The summed E-state index contributed by atoms with van der Waals surface area (Å²) in [6, 6.07) is 18.3. The first-order valence-electron chi connectivity index (χ1n) is 10.3. The topological polar surface area (TPSA) is 51.0 Å². The Morgan fingerprint density at radius 3 is 2.47 bits per heavy atom. The zero-order valence-electron chi connectivity index (χ0n) is 17.2. The fourth-order valence-electron chi connectivity index (χ4n) is 3.85. The molecule has 2 aromatic carbocycles. The van der Waals surface area contributed by atoms with Gasteiger partial charge in [-0.3, -0.25) is 14.3 Å². The van der Waals surface area contributed by atoms with E-state index in [1.54, 1.807) is 6.20 Å². The molecule has 0 saturated heterocycles. The molecule has 30 heavy (non-hydrogen) atoms. The van der Waals surface area contributed by atoms with Crippen molar-refractivity contribution in [2.24, 2.45) is 0 Å². The maximum Gasteiger partial charge on any atom is 0.261 e. The van der Waals surface area contributed by atoms with Crippen LogP contribution in [0, 0.1) is 0 Å². The molecule has 2 heterocycles. The van der Waals surface area contributed by atoms with Crippen LogP contribution in [-0.4, -0.2) is 28.6 Å². The normalized spacial score (nSPS) is 13.5. The van der Waals surface area contributed by atoms with Gasteiger partial charge in [-0.1, -0.05) is 24.3 Å². The van der Waals surface area contributed by atoms with Crippen molar-refractivity contribution in [1.82, 2.24) is 14.5 Å². The Balaban J connectivity index is 1.61. The van der Waals surface area contributed by atoms with Gasteiger partial charge in [-0.05, 0) is 59.9 Å². The average Bonchev–Trinajstić information content (AvgIpc) is 3.61. The zero-order valence-corrected chi connectivity index (χ0v) is 17.2. The number of fused-ring (bicyclic) bond motifs is 1. The molecule has 0 unspecified atom stereocenters. The molecule has 1 fully saturated rings. The number of pyridine rings is 1. The van der Waals surface area contributed by atoms with E-state index in [2.05, 4.69) is 40.2 Å². The molecule has 150 valence electrons. The fraction of sp³-hybridized carbons (Fsp3) is 0.240. The Bertz CT molecular complexity index is 1260. The first-order chi connectivity index (χ1) is 14.6. The van der Waals surface area contributed by atoms with E-state index in [9.17, 15) is 4.79 Å². The SMILES string of the molecule is CN(C)c1ccc(-c2ccc3nc(C4CC4)n(Cc4cccnc4)c(=O)c3c2)cc1.